The van der Waals surface area contributed by atoms with E-state index in [1.54, 1.807) is 6.07 Å². The summed E-state index contributed by atoms with van der Waals surface area (Å²) in [5.41, 5.74) is 2.73. The van der Waals surface area contributed by atoms with Crippen LogP contribution < -0.4 is 4.74 Å². The molecule has 7 rings (SSSR count). The van der Waals surface area contributed by atoms with Crippen LogP contribution in [-0.2, 0) is 19.3 Å². The normalized spacial score (nSPS) is 13.4. The van der Waals surface area contributed by atoms with Crippen LogP contribution in [0.15, 0.2) is 66.7 Å². The van der Waals surface area contributed by atoms with Crippen LogP contribution in [0.3, 0.4) is 0 Å². The minimum Gasteiger partial charge on any atom is -0.493 e. The van der Waals surface area contributed by atoms with Gasteiger partial charge < -0.3 is 4.74 Å². The lowest BCUT2D eigenvalue weighted by atomic mass is 10.0. The zero-order valence-electron chi connectivity index (χ0n) is 17.3. The number of halogens is 1. The Bertz CT molecular complexity index is 1670. The van der Waals surface area contributed by atoms with E-state index in [2.05, 4.69) is 54.6 Å². The Hall–Kier alpha value is -2.95. The highest BCUT2D eigenvalue weighted by molar-refractivity contribution is 7.20. The zero-order chi connectivity index (χ0) is 21.2. The SMILES string of the molecule is Fc1cc2ccc3cc4c(ccc5cc(CCc6ccc7c(c6)CCO7)sc54)cc3c2s1. The second-order valence-electron chi connectivity index (χ2n) is 8.57. The van der Waals surface area contributed by atoms with Gasteiger partial charge in [-0.15, -0.1) is 22.7 Å². The van der Waals surface area contributed by atoms with Gasteiger partial charge in [-0.2, -0.15) is 4.39 Å². The number of hydrogen-bond donors (Lipinski definition) is 0. The fourth-order valence-corrected chi connectivity index (χ4v) is 7.04. The third-order valence-electron chi connectivity index (χ3n) is 6.55. The molecule has 32 heavy (non-hydrogen) atoms. The van der Waals surface area contributed by atoms with E-state index in [1.807, 2.05) is 17.4 Å². The molecule has 1 aliphatic rings. The molecule has 0 aliphatic carbocycles. The molecule has 2 aromatic heterocycles. The van der Waals surface area contributed by atoms with Crippen LogP contribution >= 0.6 is 22.7 Å². The highest BCUT2D eigenvalue weighted by Gasteiger charge is 2.13. The van der Waals surface area contributed by atoms with E-state index in [-0.39, 0.29) is 5.13 Å². The second kappa shape index (κ2) is 7.03. The van der Waals surface area contributed by atoms with Crippen LogP contribution in [0.4, 0.5) is 4.39 Å². The maximum absolute atomic E-state index is 13.8. The van der Waals surface area contributed by atoms with Crippen molar-refractivity contribution >= 4 is 64.4 Å². The molecular formula is C28H19FOS2. The fourth-order valence-electron chi connectivity index (χ4n) is 4.95. The van der Waals surface area contributed by atoms with Crippen molar-refractivity contribution in [3.8, 4) is 5.75 Å². The summed E-state index contributed by atoms with van der Waals surface area (Å²) in [5, 5.41) is 6.99. The molecule has 4 heteroatoms. The van der Waals surface area contributed by atoms with Crippen molar-refractivity contribution in [1.82, 2.24) is 0 Å². The van der Waals surface area contributed by atoms with Crippen LogP contribution in [0.25, 0.3) is 41.7 Å². The van der Waals surface area contributed by atoms with Gasteiger partial charge in [-0.1, -0.05) is 36.4 Å². The Morgan fingerprint density at radius 3 is 2.25 bits per heavy atom. The number of benzene rings is 4. The minimum atomic E-state index is -0.123. The van der Waals surface area contributed by atoms with E-state index in [9.17, 15) is 4.39 Å². The smallest absolute Gasteiger partial charge is 0.177 e. The Morgan fingerprint density at radius 1 is 0.719 bits per heavy atom. The van der Waals surface area contributed by atoms with Crippen LogP contribution in [0.5, 0.6) is 5.75 Å². The molecule has 0 bridgehead atoms. The van der Waals surface area contributed by atoms with Crippen molar-refractivity contribution in [2.75, 3.05) is 6.61 Å². The van der Waals surface area contributed by atoms with Gasteiger partial charge in [0, 0.05) is 31.5 Å². The van der Waals surface area contributed by atoms with Crippen molar-refractivity contribution in [3.05, 3.63) is 87.9 Å². The third kappa shape index (κ3) is 2.94. The predicted molar refractivity (Wildman–Crippen MR) is 135 cm³/mol. The molecule has 0 amide bonds. The molecule has 1 aliphatic heterocycles. The molecule has 156 valence electrons. The number of hydrogen-bond acceptors (Lipinski definition) is 3. The summed E-state index contributed by atoms with van der Waals surface area (Å²) in [4.78, 5) is 1.42. The Kier molecular flexibility index (Phi) is 4.08. The largest absolute Gasteiger partial charge is 0.493 e. The van der Waals surface area contributed by atoms with Gasteiger partial charge in [0.25, 0.3) is 0 Å². The van der Waals surface area contributed by atoms with Crippen LogP contribution in [0.1, 0.15) is 16.0 Å². The molecule has 6 aromatic rings. The summed E-state index contributed by atoms with van der Waals surface area (Å²) in [5.74, 6) is 1.05. The van der Waals surface area contributed by atoms with Gasteiger partial charge in [-0.05, 0) is 75.8 Å². The molecule has 0 unspecified atom stereocenters. The first-order chi connectivity index (χ1) is 15.7. The van der Waals surface area contributed by atoms with Crippen molar-refractivity contribution in [3.63, 3.8) is 0 Å². The zero-order valence-corrected chi connectivity index (χ0v) is 18.9. The standard InChI is InChI=1S/C28H19FOS2/c29-26-15-21-6-4-18-13-23-17(14-24(18)28(21)32-26)3-5-20-12-22(31-27(20)23)7-1-16-2-8-25-19(11-16)9-10-30-25/h2-6,8,11-15H,1,7,9-10H2. The van der Waals surface area contributed by atoms with Gasteiger partial charge in [0.1, 0.15) is 5.75 Å². The maximum atomic E-state index is 13.8. The number of rotatable bonds is 3. The summed E-state index contributed by atoms with van der Waals surface area (Å²) >= 11 is 3.14. The lowest BCUT2D eigenvalue weighted by molar-refractivity contribution is 0.357. The van der Waals surface area contributed by atoms with Crippen molar-refractivity contribution < 1.29 is 9.13 Å². The summed E-state index contributed by atoms with van der Waals surface area (Å²) in [7, 11) is 0. The van der Waals surface area contributed by atoms with Gasteiger partial charge in [0.05, 0.1) is 6.61 Å². The average Bonchev–Trinajstić information content (AvgIpc) is 3.53. The summed E-state index contributed by atoms with van der Waals surface area (Å²) < 4.78 is 21.9. The highest BCUT2D eigenvalue weighted by Crippen LogP contribution is 2.39. The first-order valence-corrected chi connectivity index (χ1v) is 12.6. The molecule has 3 heterocycles. The maximum Gasteiger partial charge on any atom is 0.177 e. The fraction of sp³-hybridized carbons (Fsp3) is 0.143. The Labute approximate surface area is 192 Å². The molecule has 0 saturated heterocycles. The number of fused-ring (bicyclic) bond motifs is 7. The summed E-state index contributed by atoms with van der Waals surface area (Å²) in [6, 6.07) is 23.7. The van der Waals surface area contributed by atoms with Gasteiger partial charge in [0.15, 0.2) is 5.13 Å². The third-order valence-corrected chi connectivity index (χ3v) is 8.77. The highest BCUT2D eigenvalue weighted by atomic mass is 32.1. The van der Waals surface area contributed by atoms with E-state index in [0.29, 0.717) is 0 Å². The molecule has 1 nitrogen and oxygen atoms in total. The molecule has 0 fully saturated rings. The predicted octanol–water partition coefficient (Wildman–Crippen LogP) is 8.28. The number of thiophene rings is 2. The monoisotopic (exact) mass is 454 g/mol. The van der Waals surface area contributed by atoms with Gasteiger partial charge >= 0.3 is 0 Å². The molecule has 0 N–H and O–H groups in total. The molecule has 0 radical (unpaired) electrons. The van der Waals surface area contributed by atoms with Crippen molar-refractivity contribution in [2.45, 2.75) is 19.3 Å². The molecular weight excluding hydrogens is 435 g/mol. The van der Waals surface area contributed by atoms with Crippen molar-refractivity contribution in [2.24, 2.45) is 0 Å². The van der Waals surface area contributed by atoms with Gasteiger partial charge in [0.2, 0.25) is 0 Å². The molecule has 0 spiro atoms. The summed E-state index contributed by atoms with van der Waals surface area (Å²) in [6.45, 7) is 0.809. The van der Waals surface area contributed by atoms with E-state index < -0.39 is 0 Å². The molecule has 4 aromatic carbocycles. The van der Waals surface area contributed by atoms with Gasteiger partial charge in [-0.3, -0.25) is 0 Å². The number of aryl methyl sites for hydroxylation is 2. The van der Waals surface area contributed by atoms with Crippen LogP contribution in [-0.4, -0.2) is 6.61 Å². The van der Waals surface area contributed by atoms with E-state index in [0.717, 1.165) is 47.1 Å². The Balaban J connectivity index is 1.28. The quantitative estimate of drug-likeness (QED) is 0.244. The topological polar surface area (TPSA) is 9.23 Å². The van der Waals surface area contributed by atoms with E-state index >= 15 is 0 Å². The molecule has 0 atom stereocenters. The second-order valence-corrected chi connectivity index (χ2v) is 10.7. The first-order valence-electron chi connectivity index (χ1n) is 10.9. The van der Waals surface area contributed by atoms with Crippen LogP contribution in [0.2, 0.25) is 0 Å². The van der Waals surface area contributed by atoms with Crippen molar-refractivity contribution in [1.29, 1.82) is 0 Å². The Morgan fingerprint density at radius 2 is 1.44 bits per heavy atom. The lowest BCUT2D eigenvalue weighted by Crippen LogP contribution is -1.90. The van der Waals surface area contributed by atoms with Crippen LogP contribution in [0, 0.1) is 5.13 Å². The van der Waals surface area contributed by atoms with Gasteiger partial charge in [-0.25, -0.2) is 0 Å². The average molecular weight is 455 g/mol. The molecule has 0 saturated carbocycles. The van der Waals surface area contributed by atoms with E-state index in [1.165, 1.54) is 53.6 Å². The first kappa shape index (κ1) is 18.6. The number of ether oxygens (including phenoxy) is 1. The minimum absolute atomic E-state index is 0.123. The van der Waals surface area contributed by atoms with E-state index in [4.69, 9.17) is 4.74 Å². The summed E-state index contributed by atoms with van der Waals surface area (Å²) in [6.07, 6.45) is 3.11. The lowest BCUT2D eigenvalue weighted by Gasteiger charge is -2.05.